The summed E-state index contributed by atoms with van der Waals surface area (Å²) in [6.07, 6.45) is 0. The summed E-state index contributed by atoms with van der Waals surface area (Å²) in [5, 5.41) is 12.8. The maximum atomic E-state index is 2.36. The zero-order chi connectivity index (χ0) is 40.2. The lowest BCUT2D eigenvalue weighted by atomic mass is 9.92. The van der Waals surface area contributed by atoms with Crippen LogP contribution < -0.4 is 9.80 Å². The van der Waals surface area contributed by atoms with Crippen LogP contribution in [0.1, 0.15) is 11.1 Å². The number of hydrogen-bond acceptors (Lipinski definition) is 2. The number of para-hydroxylation sites is 2. The van der Waals surface area contributed by atoms with Crippen LogP contribution in [0.3, 0.4) is 0 Å². The lowest BCUT2D eigenvalue weighted by Crippen LogP contribution is -2.10. The summed E-state index contributed by atoms with van der Waals surface area (Å²) in [5.41, 5.74) is 11.7. The summed E-state index contributed by atoms with van der Waals surface area (Å²) < 4.78 is 0. The van der Waals surface area contributed by atoms with Crippen molar-refractivity contribution in [1.29, 1.82) is 0 Å². The van der Waals surface area contributed by atoms with Gasteiger partial charge in [0.1, 0.15) is 0 Å². The van der Waals surface area contributed by atoms with Crippen LogP contribution in [-0.4, -0.2) is 0 Å². The van der Waals surface area contributed by atoms with E-state index in [1.807, 2.05) is 0 Å². The standard InChI is InChI=1S/C58H42N2/c1-39-40(2)50-35-33-47(37-57(50)51-20-10-9-19-49(39)51)59(43-15-5-3-6-16-43)45-29-25-41(26-30-45)42-27-31-46(32-28-42)60(44-17-7-4-8-18-44)48-34-36-56-54-23-12-11-21-52(54)53-22-13-14-24-55(53)58(56)38-48/h3-38H,1-2H3. The molecule has 0 fully saturated rings. The zero-order valence-electron chi connectivity index (χ0n) is 33.7. The van der Waals surface area contributed by atoms with Gasteiger partial charge in [-0.25, -0.2) is 0 Å². The first kappa shape index (κ1) is 35.5. The predicted octanol–water partition coefficient (Wildman–Crippen LogP) is 16.7. The van der Waals surface area contributed by atoms with Gasteiger partial charge in [-0.1, -0.05) is 146 Å². The van der Waals surface area contributed by atoms with Crippen LogP contribution in [0.4, 0.5) is 34.1 Å². The minimum Gasteiger partial charge on any atom is -0.310 e. The maximum Gasteiger partial charge on any atom is 0.0468 e. The Bertz CT molecular complexity index is 3340. The van der Waals surface area contributed by atoms with Crippen molar-refractivity contribution >= 4 is 88.0 Å². The molecule has 0 saturated carbocycles. The first-order valence-electron chi connectivity index (χ1n) is 20.8. The molecular formula is C58H42N2. The van der Waals surface area contributed by atoms with E-state index in [1.165, 1.54) is 76.1 Å². The average Bonchev–Trinajstić information content (AvgIpc) is 3.32. The molecule has 0 N–H and O–H groups in total. The molecular weight excluding hydrogens is 725 g/mol. The number of anilines is 6. The molecule has 2 heteroatoms. The molecule has 60 heavy (non-hydrogen) atoms. The molecule has 0 aliphatic carbocycles. The van der Waals surface area contributed by atoms with Gasteiger partial charge >= 0.3 is 0 Å². The van der Waals surface area contributed by atoms with Crippen molar-refractivity contribution in [2.75, 3.05) is 9.80 Å². The third kappa shape index (κ3) is 5.96. The van der Waals surface area contributed by atoms with E-state index in [-0.39, 0.29) is 0 Å². The van der Waals surface area contributed by atoms with Gasteiger partial charge in [0, 0.05) is 34.1 Å². The van der Waals surface area contributed by atoms with Crippen LogP contribution in [0.15, 0.2) is 218 Å². The second-order valence-electron chi connectivity index (χ2n) is 15.8. The van der Waals surface area contributed by atoms with Crippen molar-refractivity contribution in [3.05, 3.63) is 230 Å². The van der Waals surface area contributed by atoms with Gasteiger partial charge in [-0.05, 0) is 163 Å². The summed E-state index contributed by atoms with van der Waals surface area (Å²) in [5.74, 6) is 0. The molecule has 0 aliphatic heterocycles. The largest absolute Gasteiger partial charge is 0.310 e. The fourth-order valence-corrected chi connectivity index (χ4v) is 9.36. The summed E-state index contributed by atoms with van der Waals surface area (Å²) in [6.45, 7) is 4.49. The van der Waals surface area contributed by atoms with Gasteiger partial charge in [0.15, 0.2) is 0 Å². The molecule has 0 heterocycles. The van der Waals surface area contributed by atoms with E-state index in [1.54, 1.807) is 0 Å². The molecule has 11 rings (SSSR count). The molecule has 0 amide bonds. The molecule has 284 valence electrons. The lowest BCUT2D eigenvalue weighted by molar-refractivity contribution is 1.28. The zero-order valence-corrected chi connectivity index (χ0v) is 33.7. The van der Waals surface area contributed by atoms with Gasteiger partial charge in [0.05, 0.1) is 0 Å². The van der Waals surface area contributed by atoms with Crippen LogP contribution in [0.25, 0.3) is 65.0 Å². The van der Waals surface area contributed by atoms with Crippen LogP contribution in [0.5, 0.6) is 0 Å². The van der Waals surface area contributed by atoms with Crippen LogP contribution in [-0.2, 0) is 0 Å². The number of hydrogen-bond donors (Lipinski definition) is 0. The van der Waals surface area contributed by atoms with Crippen molar-refractivity contribution < 1.29 is 0 Å². The van der Waals surface area contributed by atoms with Gasteiger partial charge in [-0.3, -0.25) is 0 Å². The number of nitrogens with zero attached hydrogens (tertiary/aromatic N) is 2. The highest BCUT2D eigenvalue weighted by atomic mass is 15.1. The quantitative estimate of drug-likeness (QED) is 0.149. The summed E-state index contributed by atoms with van der Waals surface area (Å²) in [4.78, 5) is 4.73. The third-order valence-electron chi connectivity index (χ3n) is 12.4. The SMILES string of the molecule is Cc1c(C)c2ccc(N(c3ccccc3)c3ccc(-c4ccc(N(c5ccccc5)c5ccc6c7ccccc7c7ccccc7c6c5)cc4)cc3)cc2c2ccccc12. The number of benzene rings is 11. The highest BCUT2D eigenvalue weighted by Gasteiger charge is 2.18. The minimum absolute atomic E-state index is 1.11. The molecule has 0 aliphatic rings. The van der Waals surface area contributed by atoms with E-state index in [0.29, 0.717) is 0 Å². The van der Waals surface area contributed by atoms with E-state index < -0.39 is 0 Å². The second-order valence-corrected chi connectivity index (χ2v) is 15.8. The van der Waals surface area contributed by atoms with E-state index in [4.69, 9.17) is 0 Å². The summed E-state index contributed by atoms with van der Waals surface area (Å²) in [6, 6.07) is 79.6. The highest BCUT2D eigenvalue weighted by molar-refractivity contribution is 6.25. The van der Waals surface area contributed by atoms with E-state index in [9.17, 15) is 0 Å². The van der Waals surface area contributed by atoms with Crippen molar-refractivity contribution in [2.24, 2.45) is 0 Å². The van der Waals surface area contributed by atoms with Crippen molar-refractivity contribution in [2.45, 2.75) is 13.8 Å². The van der Waals surface area contributed by atoms with Crippen LogP contribution >= 0.6 is 0 Å². The molecule has 0 aromatic heterocycles. The first-order chi connectivity index (χ1) is 29.6. The Balaban J connectivity index is 0.967. The number of rotatable bonds is 7. The molecule has 11 aromatic carbocycles. The minimum atomic E-state index is 1.11. The van der Waals surface area contributed by atoms with E-state index in [2.05, 4.69) is 242 Å². The van der Waals surface area contributed by atoms with Gasteiger partial charge in [0.25, 0.3) is 0 Å². The fourth-order valence-electron chi connectivity index (χ4n) is 9.36. The Morgan fingerprint density at radius 2 is 0.483 bits per heavy atom. The number of aryl methyl sites for hydroxylation is 2. The Hall–Kier alpha value is -7.68. The van der Waals surface area contributed by atoms with Gasteiger partial charge in [0.2, 0.25) is 0 Å². The highest BCUT2D eigenvalue weighted by Crippen LogP contribution is 2.43. The predicted molar refractivity (Wildman–Crippen MR) is 258 cm³/mol. The topological polar surface area (TPSA) is 6.48 Å². The third-order valence-corrected chi connectivity index (χ3v) is 12.4. The van der Waals surface area contributed by atoms with Crippen LogP contribution in [0, 0.1) is 13.8 Å². The monoisotopic (exact) mass is 766 g/mol. The average molecular weight is 767 g/mol. The van der Waals surface area contributed by atoms with E-state index >= 15 is 0 Å². The fraction of sp³-hybridized carbons (Fsp3) is 0.0345. The Morgan fingerprint density at radius 1 is 0.217 bits per heavy atom. The molecule has 0 atom stereocenters. The smallest absolute Gasteiger partial charge is 0.0468 e. The molecule has 0 radical (unpaired) electrons. The normalized spacial score (nSPS) is 11.5. The van der Waals surface area contributed by atoms with Crippen molar-refractivity contribution in [3.8, 4) is 11.1 Å². The molecule has 0 unspecified atom stereocenters. The summed E-state index contributed by atoms with van der Waals surface area (Å²) >= 11 is 0. The van der Waals surface area contributed by atoms with Crippen molar-refractivity contribution in [1.82, 2.24) is 0 Å². The Kier molecular flexibility index (Phi) is 8.64. The van der Waals surface area contributed by atoms with Gasteiger partial charge in [-0.15, -0.1) is 0 Å². The van der Waals surface area contributed by atoms with Crippen molar-refractivity contribution in [3.63, 3.8) is 0 Å². The van der Waals surface area contributed by atoms with Gasteiger partial charge in [-0.2, -0.15) is 0 Å². The van der Waals surface area contributed by atoms with Crippen LogP contribution in [0.2, 0.25) is 0 Å². The first-order valence-corrected chi connectivity index (χ1v) is 20.8. The number of fused-ring (bicyclic) bond motifs is 9. The molecule has 2 nitrogen and oxygen atoms in total. The Labute approximate surface area is 350 Å². The summed E-state index contributed by atoms with van der Waals surface area (Å²) in [7, 11) is 0. The molecule has 0 saturated heterocycles. The lowest BCUT2D eigenvalue weighted by Gasteiger charge is -2.27. The van der Waals surface area contributed by atoms with E-state index in [0.717, 1.165) is 34.1 Å². The molecule has 11 aromatic rings. The van der Waals surface area contributed by atoms with Gasteiger partial charge < -0.3 is 9.80 Å². The molecule has 0 spiro atoms. The maximum absolute atomic E-state index is 2.36. The second kappa shape index (κ2) is 14.6. The Morgan fingerprint density at radius 3 is 0.917 bits per heavy atom. The molecule has 0 bridgehead atoms.